The lowest BCUT2D eigenvalue weighted by atomic mass is 9.97. The largest absolute Gasteiger partial charge is 0.461 e. The molecule has 1 fully saturated rings. The molecule has 2 aromatic heterocycles. The van der Waals surface area contributed by atoms with Gasteiger partial charge >= 0.3 is 5.97 Å². The van der Waals surface area contributed by atoms with Crippen LogP contribution in [-0.2, 0) is 14.4 Å². The van der Waals surface area contributed by atoms with Crippen LogP contribution >= 0.6 is 11.3 Å². The van der Waals surface area contributed by atoms with Gasteiger partial charge < -0.3 is 19.0 Å². The van der Waals surface area contributed by atoms with Gasteiger partial charge in [-0.05, 0) is 40.5 Å². The topological polar surface area (TPSA) is 107 Å². The van der Waals surface area contributed by atoms with E-state index in [4.69, 9.17) is 14.1 Å². The Morgan fingerprint density at radius 3 is 2.77 bits per heavy atom. The van der Waals surface area contributed by atoms with Gasteiger partial charge in [0.2, 0.25) is 6.10 Å². The highest BCUT2D eigenvalue weighted by Gasteiger charge is 2.29. The molecule has 162 valence electrons. The Bertz CT molecular complexity index is 910. The van der Waals surface area contributed by atoms with Crippen LogP contribution in [0.2, 0.25) is 0 Å². The third-order valence-electron chi connectivity index (χ3n) is 4.67. The van der Waals surface area contributed by atoms with Gasteiger partial charge in [0, 0.05) is 30.5 Å². The zero-order chi connectivity index (χ0) is 21.7. The Hall–Kier alpha value is -2.75. The molecule has 3 heterocycles. The molecule has 1 unspecified atom stereocenters. The Balaban J connectivity index is 1.57. The van der Waals surface area contributed by atoms with Crippen LogP contribution in [0.15, 0.2) is 21.1 Å². The van der Waals surface area contributed by atoms with E-state index >= 15 is 0 Å². The molecule has 1 atom stereocenters. The number of esters is 1. The highest BCUT2D eigenvalue weighted by Crippen LogP contribution is 2.33. The number of rotatable bonds is 7. The summed E-state index contributed by atoms with van der Waals surface area (Å²) in [5.74, 6) is 0.141. The summed E-state index contributed by atoms with van der Waals surface area (Å²) in [5.41, 5.74) is 1.55. The smallest absolute Gasteiger partial charge is 0.360 e. The lowest BCUT2D eigenvalue weighted by Gasteiger charge is -2.32. The molecule has 9 nitrogen and oxygen atoms in total. The van der Waals surface area contributed by atoms with Crippen molar-refractivity contribution in [2.45, 2.75) is 52.6 Å². The van der Waals surface area contributed by atoms with Crippen molar-refractivity contribution >= 4 is 28.9 Å². The molecule has 30 heavy (non-hydrogen) atoms. The van der Waals surface area contributed by atoms with E-state index in [9.17, 15) is 9.59 Å². The van der Waals surface area contributed by atoms with Gasteiger partial charge in [-0.3, -0.25) is 4.79 Å². The van der Waals surface area contributed by atoms with Crippen molar-refractivity contribution in [3.8, 4) is 11.5 Å². The maximum Gasteiger partial charge on any atom is 0.360 e. The van der Waals surface area contributed by atoms with Crippen molar-refractivity contribution in [2.24, 2.45) is 5.16 Å². The SMILES string of the molecule is CCOC(=O)c1cc(-c2csc(C3CCN(C(=O)C(C)ON=C(C)C)CC3)n2)on1. The number of ether oxygens (including phenoxy) is 1. The summed E-state index contributed by atoms with van der Waals surface area (Å²) in [7, 11) is 0. The fourth-order valence-electron chi connectivity index (χ4n) is 3.12. The Morgan fingerprint density at radius 1 is 1.37 bits per heavy atom. The number of oxime groups is 1. The Labute approximate surface area is 179 Å². The van der Waals surface area contributed by atoms with E-state index in [0.29, 0.717) is 24.5 Å². The van der Waals surface area contributed by atoms with Crippen LogP contribution in [0.4, 0.5) is 0 Å². The molecule has 2 aromatic rings. The fourth-order valence-corrected chi connectivity index (χ4v) is 4.10. The minimum Gasteiger partial charge on any atom is -0.461 e. The van der Waals surface area contributed by atoms with E-state index in [-0.39, 0.29) is 24.1 Å². The minimum absolute atomic E-state index is 0.0496. The van der Waals surface area contributed by atoms with Crippen LogP contribution in [-0.4, -0.2) is 58.4 Å². The molecule has 0 aliphatic carbocycles. The molecule has 0 saturated carbocycles. The summed E-state index contributed by atoms with van der Waals surface area (Å²) >= 11 is 1.55. The normalized spacial score (nSPS) is 15.5. The first-order valence-corrected chi connectivity index (χ1v) is 10.8. The van der Waals surface area contributed by atoms with Crippen LogP contribution in [0.25, 0.3) is 11.5 Å². The molecule has 0 N–H and O–H groups in total. The molecule has 1 saturated heterocycles. The number of carbonyl (C=O) groups excluding carboxylic acids is 2. The van der Waals surface area contributed by atoms with Crippen LogP contribution in [0.3, 0.4) is 0 Å². The van der Waals surface area contributed by atoms with Crippen molar-refractivity contribution in [1.82, 2.24) is 15.0 Å². The van der Waals surface area contributed by atoms with Crippen LogP contribution < -0.4 is 0 Å². The monoisotopic (exact) mass is 434 g/mol. The zero-order valence-electron chi connectivity index (χ0n) is 17.6. The number of piperidine rings is 1. The van der Waals surface area contributed by atoms with E-state index < -0.39 is 12.1 Å². The summed E-state index contributed by atoms with van der Waals surface area (Å²) in [6.07, 6.45) is 1.06. The van der Waals surface area contributed by atoms with E-state index in [1.165, 1.54) is 0 Å². The van der Waals surface area contributed by atoms with Gasteiger partial charge in [-0.2, -0.15) is 0 Å². The molecule has 0 aromatic carbocycles. The molecule has 0 spiro atoms. The summed E-state index contributed by atoms with van der Waals surface area (Å²) in [6.45, 7) is 8.67. The van der Waals surface area contributed by atoms with Gasteiger partial charge in [0.25, 0.3) is 5.91 Å². The first kappa shape index (κ1) is 21.9. The third-order valence-corrected chi connectivity index (χ3v) is 5.67. The number of hydrogen-bond acceptors (Lipinski definition) is 9. The van der Waals surface area contributed by atoms with E-state index in [2.05, 4.69) is 15.3 Å². The number of carbonyl (C=O) groups is 2. The maximum absolute atomic E-state index is 12.5. The second-order valence-electron chi connectivity index (χ2n) is 7.25. The second-order valence-corrected chi connectivity index (χ2v) is 8.14. The molecule has 0 bridgehead atoms. The van der Waals surface area contributed by atoms with Crippen molar-refractivity contribution in [1.29, 1.82) is 0 Å². The van der Waals surface area contributed by atoms with Crippen molar-refractivity contribution < 1.29 is 23.7 Å². The van der Waals surface area contributed by atoms with Gasteiger partial charge in [-0.25, -0.2) is 9.78 Å². The van der Waals surface area contributed by atoms with Crippen LogP contribution in [0, 0.1) is 0 Å². The number of aromatic nitrogens is 2. The summed E-state index contributed by atoms with van der Waals surface area (Å²) in [4.78, 5) is 36.0. The second kappa shape index (κ2) is 9.84. The third kappa shape index (κ3) is 5.24. The average Bonchev–Trinajstić information content (AvgIpc) is 3.41. The van der Waals surface area contributed by atoms with Crippen molar-refractivity contribution in [3.63, 3.8) is 0 Å². The van der Waals surface area contributed by atoms with E-state index in [1.807, 2.05) is 24.1 Å². The first-order valence-electron chi connectivity index (χ1n) is 9.94. The molecule has 1 aliphatic rings. The number of nitrogens with zero attached hydrogens (tertiary/aromatic N) is 4. The molecule has 10 heteroatoms. The fraction of sp³-hybridized carbons (Fsp3) is 0.550. The zero-order valence-corrected chi connectivity index (χ0v) is 18.4. The summed E-state index contributed by atoms with van der Waals surface area (Å²) in [6, 6.07) is 1.54. The number of thiazole rings is 1. The first-order chi connectivity index (χ1) is 14.4. The highest BCUT2D eigenvalue weighted by molar-refractivity contribution is 7.10. The van der Waals surface area contributed by atoms with E-state index in [1.54, 1.807) is 31.3 Å². The van der Waals surface area contributed by atoms with Crippen LogP contribution in [0.5, 0.6) is 0 Å². The van der Waals surface area contributed by atoms with Gasteiger partial charge in [-0.15, -0.1) is 11.3 Å². The lowest BCUT2D eigenvalue weighted by Crippen LogP contribution is -2.43. The maximum atomic E-state index is 12.5. The number of amides is 1. The molecule has 3 rings (SSSR count). The predicted octanol–water partition coefficient (Wildman–Crippen LogP) is 3.48. The van der Waals surface area contributed by atoms with Gasteiger partial charge in [0.05, 0.1) is 17.3 Å². The summed E-state index contributed by atoms with van der Waals surface area (Å²) < 4.78 is 10.2. The van der Waals surface area contributed by atoms with Crippen molar-refractivity contribution in [2.75, 3.05) is 19.7 Å². The van der Waals surface area contributed by atoms with Gasteiger partial charge in [0.1, 0.15) is 5.69 Å². The Kier molecular flexibility index (Phi) is 7.20. The van der Waals surface area contributed by atoms with Crippen molar-refractivity contribution in [3.05, 3.63) is 22.1 Å². The molecule has 1 amide bonds. The molecule has 0 radical (unpaired) electrons. The minimum atomic E-state index is -0.594. The molecule has 1 aliphatic heterocycles. The predicted molar refractivity (Wildman–Crippen MR) is 111 cm³/mol. The average molecular weight is 435 g/mol. The van der Waals surface area contributed by atoms with E-state index in [0.717, 1.165) is 23.6 Å². The van der Waals surface area contributed by atoms with Gasteiger partial charge in [0.15, 0.2) is 11.5 Å². The van der Waals surface area contributed by atoms with Crippen LogP contribution in [0.1, 0.15) is 62.0 Å². The standard InChI is InChI=1S/C20H26N4O5S/c1-5-27-20(26)15-10-17(29-23-15)16-11-30-18(21-16)14-6-8-24(9-7-14)19(25)13(4)28-22-12(2)3/h10-11,13-14H,5-9H2,1-4H3. The van der Waals surface area contributed by atoms with Gasteiger partial charge in [-0.1, -0.05) is 10.3 Å². The lowest BCUT2D eigenvalue weighted by molar-refractivity contribution is -0.143. The Morgan fingerprint density at radius 2 is 2.10 bits per heavy atom. The molecular weight excluding hydrogens is 408 g/mol. The quantitative estimate of drug-likeness (QED) is 0.373. The number of likely N-dealkylation sites (tertiary alicyclic amines) is 1. The summed E-state index contributed by atoms with van der Waals surface area (Å²) in [5, 5.41) is 10.5. The highest BCUT2D eigenvalue weighted by atomic mass is 32.1. The molecular formula is C20H26N4O5S. The number of hydrogen-bond donors (Lipinski definition) is 0.